The molecule has 32 heavy (non-hydrogen) atoms. The number of hydrogen-bond donors (Lipinski definition) is 3. The van der Waals surface area contributed by atoms with Crippen LogP contribution in [0.2, 0.25) is 0 Å². The van der Waals surface area contributed by atoms with Crippen LogP contribution in [0, 0.1) is 6.92 Å². The van der Waals surface area contributed by atoms with Gasteiger partial charge in [-0.25, -0.2) is 4.79 Å². The normalized spacial score (nSPS) is 13.8. The summed E-state index contributed by atoms with van der Waals surface area (Å²) in [6, 6.07) is 10.8. The van der Waals surface area contributed by atoms with Crippen LogP contribution >= 0.6 is 0 Å². The van der Waals surface area contributed by atoms with Crippen molar-refractivity contribution in [3.8, 4) is 5.75 Å². The van der Waals surface area contributed by atoms with Crippen LogP contribution in [0.15, 0.2) is 45.6 Å². The summed E-state index contributed by atoms with van der Waals surface area (Å²) in [4.78, 5) is 15.2. The standard InChI is InChI=1S/C22H25N3O3.C2H6N.Y/c1-14-15(3-2-4-20(14)23)11-18-19(13-25-9-7-24-8-10-25)17-6-5-16(26)12-21(17)28-22(18)27;1-3-2;/h2-6,12,24,26H,7-11,13,23H2,1H3;1-2H3;/q;-1;. The van der Waals surface area contributed by atoms with Gasteiger partial charge in [0.25, 0.3) is 0 Å². The van der Waals surface area contributed by atoms with Crippen LogP contribution in [-0.4, -0.2) is 50.3 Å². The largest absolute Gasteiger partial charge is 0.668 e. The molecule has 1 saturated heterocycles. The quantitative estimate of drug-likeness (QED) is 0.367. The topological polar surface area (TPSA) is 106 Å². The average Bonchev–Trinajstić information content (AvgIpc) is 2.74. The molecule has 1 aliphatic rings. The van der Waals surface area contributed by atoms with Crippen molar-refractivity contribution in [3.05, 3.63) is 74.4 Å². The van der Waals surface area contributed by atoms with Crippen LogP contribution in [0.5, 0.6) is 5.75 Å². The number of phenolic OH excluding ortho intramolecular Hbond substituents is 1. The Kier molecular flexibility index (Phi) is 10.3. The average molecular weight is 512 g/mol. The number of rotatable bonds is 4. The maximum absolute atomic E-state index is 12.9. The van der Waals surface area contributed by atoms with Crippen LogP contribution in [0.3, 0.4) is 0 Å². The third-order valence-corrected chi connectivity index (χ3v) is 5.55. The van der Waals surface area contributed by atoms with Crippen molar-refractivity contribution in [1.82, 2.24) is 10.2 Å². The van der Waals surface area contributed by atoms with E-state index in [0.29, 0.717) is 24.1 Å². The number of hydrogen-bond acceptors (Lipinski definition) is 6. The smallest absolute Gasteiger partial charge is 0.340 e. The van der Waals surface area contributed by atoms with Crippen molar-refractivity contribution in [1.29, 1.82) is 0 Å². The molecule has 0 amide bonds. The van der Waals surface area contributed by atoms with E-state index in [0.717, 1.165) is 53.9 Å². The molecule has 0 aliphatic carbocycles. The molecule has 0 saturated carbocycles. The molecule has 1 fully saturated rings. The number of nitrogens with two attached hydrogens (primary N) is 1. The third-order valence-electron chi connectivity index (χ3n) is 5.55. The minimum atomic E-state index is -0.356. The summed E-state index contributed by atoms with van der Waals surface area (Å²) in [5.41, 5.74) is 10.5. The number of aromatic hydroxyl groups is 1. The Morgan fingerprint density at radius 3 is 2.53 bits per heavy atom. The molecule has 1 aromatic heterocycles. The Labute approximate surface area is 214 Å². The fraction of sp³-hybridized carbons (Fsp3) is 0.375. The van der Waals surface area contributed by atoms with E-state index in [9.17, 15) is 9.90 Å². The van der Waals surface area contributed by atoms with Gasteiger partial charge in [0.05, 0.1) is 0 Å². The van der Waals surface area contributed by atoms with Crippen molar-refractivity contribution in [2.75, 3.05) is 46.0 Å². The van der Waals surface area contributed by atoms with Gasteiger partial charge in [0, 0.05) is 94.6 Å². The van der Waals surface area contributed by atoms with E-state index in [1.54, 1.807) is 20.2 Å². The number of fused-ring (bicyclic) bond motifs is 1. The maximum atomic E-state index is 12.9. The fourth-order valence-electron chi connectivity index (χ4n) is 3.83. The minimum Gasteiger partial charge on any atom is -0.668 e. The van der Waals surface area contributed by atoms with Crippen LogP contribution in [-0.2, 0) is 45.7 Å². The Hall–Kier alpha value is -1.77. The Morgan fingerprint density at radius 1 is 1.16 bits per heavy atom. The predicted molar refractivity (Wildman–Crippen MR) is 126 cm³/mol. The first kappa shape index (κ1) is 26.5. The van der Waals surface area contributed by atoms with Crippen LogP contribution in [0.25, 0.3) is 16.3 Å². The molecule has 0 bridgehead atoms. The predicted octanol–water partition coefficient (Wildman–Crippen LogP) is 3.00. The minimum absolute atomic E-state index is 0. The molecule has 0 atom stereocenters. The molecule has 8 heteroatoms. The van der Waals surface area contributed by atoms with E-state index in [4.69, 9.17) is 10.2 Å². The first-order chi connectivity index (χ1) is 14.9. The molecule has 169 valence electrons. The van der Waals surface area contributed by atoms with Crippen LogP contribution in [0.4, 0.5) is 5.69 Å². The Balaban J connectivity index is 0.000000860. The molecule has 3 aromatic rings. The number of piperazine rings is 1. The van der Waals surface area contributed by atoms with E-state index in [2.05, 4.69) is 15.5 Å². The first-order valence-electron chi connectivity index (χ1n) is 10.5. The molecule has 7 nitrogen and oxygen atoms in total. The van der Waals surface area contributed by atoms with Crippen LogP contribution in [0.1, 0.15) is 22.3 Å². The van der Waals surface area contributed by atoms with E-state index >= 15 is 0 Å². The molecular formula is C24H31N4O3Y-. The number of phenols is 1. The molecular weight excluding hydrogens is 481 g/mol. The summed E-state index contributed by atoms with van der Waals surface area (Å²) in [7, 11) is 3.50. The summed E-state index contributed by atoms with van der Waals surface area (Å²) in [6.07, 6.45) is 0.470. The molecule has 2 heterocycles. The van der Waals surface area contributed by atoms with Gasteiger partial charge in [-0.15, -0.1) is 0 Å². The van der Waals surface area contributed by atoms with Gasteiger partial charge in [-0.1, -0.05) is 12.1 Å². The van der Waals surface area contributed by atoms with Gasteiger partial charge in [-0.2, -0.15) is 14.1 Å². The second kappa shape index (κ2) is 12.5. The second-order valence-corrected chi connectivity index (χ2v) is 7.81. The van der Waals surface area contributed by atoms with E-state index in [-0.39, 0.29) is 44.1 Å². The summed E-state index contributed by atoms with van der Waals surface area (Å²) in [6.45, 7) is 6.37. The number of nitrogens with zero attached hydrogens (tertiary/aromatic N) is 2. The van der Waals surface area contributed by atoms with E-state index in [1.807, 2.05) is 31.2 Å². The zero-order chi connectivity index (χ0) is 22.4. The number of benzene rings is 2. The first-order valence-corrected chi connectivity index (χ1v) is 10.5. The van der Waals surface area contributed by atoms with Gasteiger partial charge in [-0.05, 0) is 41.8 Å². The molecule has 1 radical (unpaired) electrons. The monoisotopic (exact) mass is 512 g/mol. The van der Waals surface area contributed by atoms with Crippen molar-refractivity contribution in [2.45, 2.75) is 19.9 Å². The molecule has 0 unspecified atom stereocenters. The maximum Gasteiger partial charge on any atom is 0.340 e. The zero-order valence-electron chi connectivity index (χ0n) is 19.0. The molecule has 1 aliphatic heterocycles. The molecule has 4 rings (SSSR count). The van der Waals surface area contributed by atoms with E-state index < -0.39 is 0 Å². The zero-order valence-corrected chi connectivity index (χ0v) is 21.9. The number of anilines is 1. The summed E-state index contributed by atoms with van der Waals surface area (Å²) < 4.78 is 5.57. The molecule has 0 spiro atoms. The van der Waals surface area contributed by atoms with Gasteiger partial charge in [-0.3, -0.25) is 4.90 Å². The number of nitrogens with one attached hydrogen (secondary N) is 1. The molecule has 2 aromatic carbocycles. The SMILES string of the molecule is C[N-]C.Cc1c(N)cccc1Cc1c(CN2CCNCC2)c2ccc(O)cc2oc1=O.[Y]. The van der Waals surface area contributed by atoms with Gasteiger partial charge in [0.2, 0.25) is 0 Å². The van der Waals surface area contributed by atoms with Crippen molar-refractivity contribution < 1.29 is 42.2 Å². The van der Waals surface area contributed by atoms with Crippen molar-refractivity contribution >= 4 is 16.7 Å². The van der Waals surface area contributed by atoms with Gasteiger partial charge >= 0.3 is 5.63 Å². The third kappa shape index (κ3) is 6.39. The Bertz CT molecular complexity index is 1090. The Morgan fingerprint density at radius 2 is 1.84 bits per heavy atom. The summed E-state index contributed by atoms with van der Waals surface area (Å²) in [5, 5.41) is 17.5. The summed E-state index contributed by atoms with van der Waals surface area (Å²) >= 11 is 0. The summed E-state index contributed by atoms with van der Waals surface area (Å²) in [5.74, 6) is 0.0863. The number of nitrogen functional groups attached to an aromatic ring is 1. The second-order valence-electron chi connectivity index (χ2n) is 7.81. The fourth-order valence-corrected chi connectivity index (χ4v) is 3.83. The van der Waals surface area contributed by atoms with E-state index in [1.165, 1.54) is 6.07 Å². The van der Waals surface area contributed by atoms with Gasteiger partial charge in [0.1, 0.15) is 11.3 Å². The molecule has 4 N–H and O–H groups in total. The van der Waals surface area contributed by atoms with Crippen molar-refractivity contribution in [3.63, 3.8) is 0 Å². The van der Waals surface area contributed by atoms with Gasteiger partial charge in [0.15, 0.2) is 0 Å². The van der Waals surface area contributed by atoms with Gasteiger partial charge < -0.3 is 25.9 Å². The van der Waals surface area contributed by atoms with Crippen LogP contribution < -0.4 is 16.7 Å². The van der Waals surface area contributed by atoms with Crippen molar-refractivity contribution in [2.24, 2.45) is 0 Å².